The molecule has 1 aliphatic heterocycles. The van der Waals surface area contributed by atoms with Gasteiger partial charge in [0.25, 0.3) is 0 Å². The van der Waals surface area contributed by atoms with E-state index in [9.17, 15) is 20.0 Å². The summed E-state index contributed by atoms with van der Waals surface area (Å²) in [5.74, 6) is -0.0329. The molecule has 4 rings (SSSR count). The first kappa shape index (κ1) is 20.9. The minimum Gasteiger partial charge on any atom is -0.463 e. The zero-order valence-electron chi connectivity index (χ0n) is 17.4. The standard InChI is InChI=1S/C22H25N5O4/c1-14(28)13-24-21(29)22(30)27-9-7-26(8-10-27)20-17(12-23)15-4-2-5-16(15)19(25-20)18-6-3-11-31-18/h3,6,11,14,28H,2,4-5,7-10,13H2,1H3,(H,24,29)/t14-/m0/s1. The van der Waals surface area contributed by atoms with E-state index in [1.54, 1.807) is 6.26 Å². The third kappa shape index (κ3) is 4.11. The Hall–Kier alpha value is -3.38. The quantitative estimate of drug-likeness (QED) is 0.699. The van der Waals surface area contributed by atoms with E-state index in [1.807, 2.05) is 17.0 Å². The summed E-state index contributed by atoms with van der Waals surface area (Å²) < 4.78 is 5.60. The first-order valence-corrected chi connectivity index (χ1v) is 10.5. The van der Waals surface area contributed by atoms with Gasteiger partial charge in [0.1, 0.15) is 17.6 Å². The minimum absolute atomic E-state index is 0.0324. The molecule has 2 aliphatic rings. The minimum atomic E-state index is -0.720. The van der Waals surface area contributed by atoms with Gasteiger partial charge in [0, 0.05) is 32.7 Å². The summed E-state index contributed by atoms with van der Waals surface area (Å²) in [7, 11) is 0. The molecule has 0 aromatic carbocycles. The van der Waals surface area contributed by atoms with Crippen LogP contribution in [0.5, 0.6) is 0 Å². The van der Waals surface area contributed by atoms with Gasteiger partial charge in [-0.2, -0.15) is 5.26 Å². The van der Waals surface area contributed by atoms with Crippen molar-refractivity contribution in [2.75, 3.05) is 37.6 Å². The Morgan fingerprint density at radius 2 is 2.03 bits per heavy atom. The van der Waals surface area contributed by atoms with Gasteiger partial charge in [-0.25, -0.2) is 4.98 Å². The van der Waals surface area contributed by atoms with Crippen LogP contribution in [0, 0.1) is 11.3 Å². The zero-order chi connectivity index (χ0) is 22.0. The van der Waals surface area contributed by atoms with Crippen molar-refractivity contribution in [3.8, 4) is 17.5 Å². The molecule has 31 heavy (non-hydrogen) atoms. The van der Waals surface area contributed by atoms with Gasteiger partial charge in [-0.3, -0.25) is 9.59 Å². The molecule has 2 N–H and O–H groups in total. The van der Waals surface area contributed by atoms with E-state index in [-0.39, 0.29) is 6.54 Å². The lowest BCUT2D eigenvalue weighted by molar-refractivity contribution is -0.146. The Labute approximate surface area is 180 Å². The maximum Gasteiger partial charge on any atom is 0.312 e. The largest absolute Gasteiger partial charge is 0.463 e. The third-order valence-electron chi connectivity index (χ3n) is 5.73. The summed E-state index contributed by atoms with van der Waals surface area (Å²) in [5.41, 5.74) is 3.49. The van der Waals surface area contributed by atoms with E-state index in [0.717, 1.165) is 36.1 Å². The Morgan fingerprint density at radius 1 is 1.29 bits per heavy atom. The van der Waals surface area contributed by atoms with Crippen LogP contribution in [0.4, 0.5) is 5.82 Å². The van der Waals surface area contributed by atoms with Crippen molar-refractivity contribution in [3.63, 3.8) is 0 Å². The van der Waals surface area contributed by atoms with Gasteiger partial charge in [0.15, 0.2) is 5.76 Å². The number of hydrogen-bond donors (Lipinski definition) is 2. The molecule has 0 saturated carbocycles. The second kappa shape index (κ2) is 8.78. The van der Waals surface area contributed by atoms with E-state index < -0.39 is 17.9 Å². The first-order valence-electron chi connectivity index (χ1n) is 10.5. The van der Waals surface area contributed by atoms with Crippen LogP contribution in [0.25, 0.3) is 11.5 Å². The van der Waals surface area contributed by atoms with Crippen LogP contribution in [0.2, 0.25) is 0 Å². The summed E-state index contributed by atoms with van der Waals surface area (Å²) in [6, 6.07) is 6.04. The van der Waals surface area contributed by atoms with Crippen LogP contribution in [0.1, 0.15) is 30.0 Å². The molecular formula is C22H25N5O4. The lowest BCUT2D eigenvalue weighted by Crippen LogP contribution is -2.53. The lowest BCUT2D eigenvalue weighted by Gasteiger charge is -2.35. The van der Waals surface area contributed by atoms with Crippen molar-refractivity contribution in [2.45, 2.75) is 32.3 Å². The highest BCUT2D eigenvalue weighted by Gasteiger charge is 2.31. The Balaban J connectivity index is 1.54. The smallest absolute Gasteiger partial charge is 0.312 e. The molecule has 0 spiro atoms. The number of carbonyl (C=O) groups excluding carboxylic acids is 2. The van der Waals surface area contributed by atoms with Crippen molar-refractivity contribution in [2.24, 2.45) is 0 Å². The summed E-state index contributed by atoms with van der Waals surface area (Å²) in [4.78, 5) is 32.7. The van der Waals surface area contributed by atoms with Crippen LogP contribution < -0.4 is 10.2 Å². The Bertz CT molecular complexity index is 1020. The number of hydrogen-bond acceptors (Lipinski definition) is 7. The number of furan rings is 1. The van der Waals surface area contributed by atoms with Crippen molar-refractivity contribution in [1.29, 1.82) is 5.26 Å². The van der Waals surface area contributed by atoms with Crippen molar-refractivity contribution in [1.82, 2.24) is 15.2 Å². The topological polar surface area (TPSA) is 123 Å². The van der Waals surface area contributed by atoms with Gasteiger partial charge >= 0.3 is 11.8 Å². The van der Waals surface area contributed by atoms with Gasteiger partial charge in [-0.05, 0) is 49.4 Å². The van der Waals surface area contributed by atoms with E-state index in [4.69, 9.17) is 9.40 Å². The number of nitrogens with zero attached hydrogens (tertiary/aromatic N) is 4. The average molecular weight is 423 g/mol. The summed E-state index contributed by atoms with van der Waals surface area (Å²) in [5, 5.41) is 21.6. The second-order valence-electron chi connectivity index (χ2n) is 7.90. The molecule has 0 unspecified atom stereocenters. The highest BCUT2D eigenvalue weighted by atomic mass is 16.3. The van der Waals surface area contributed by atoms with Gasteiger partial charge in [-0.1, -0.05) is 0 Å². The highest BCUT2D eigenvalue weighted by Crippen LogP contribution is 2.37. The third-order valence-corrected chi connectivity index (χ3v) is 5.73. The summed E-state index contributed by atoms with van der Waals surface area (Å²) >= 11 is 0. The number of piperazine rings is 1. The van der Waals surface area contributed by atoms with Crippen LogP contribution >= 0.6 is 0 Å². The van der Waals surface area contributed by atoms with Gasteiger partial charge in [0.05, 0.1) is 17.9 Å². The number of aliphatic hydroxyl groups excluding tert-OH is 1. The maximum absolute atomic E-state index is 12.4. The normalized spacial score (nSPS) is 16.5. The molecule has 1 fully saturated rings. The fourth-order valence-corrected chi connectivity index (χ4v) is 4.19. The van der Waals surface area contributed by atoms with Gasteiger partial charge < -0.3 is 24.6 Å². The average Bonchev–Trinajstić information content (AvgIpc) is 3.48. The van der Waals surface area contributed by atoms with E-state index in [0.29, 0.717) is 43.3 Å². The zero-order valence-corrected chi connectivity index (χ0v) is 17.4. The molecule has 162 valence electrons. The van der Waals surface area contributed by atoms with E-state index in [2.05, 4.69) is 11.4 Å². The molecule has 2 aromatic heterocycles. The predicted octanol–water partition coefficient (Wildman–Crippen LogP) is 0.848. The van der Waals surface area contributed by atoms with E-state index in [1.165, 1.54) is 11.8 Å². The lowest BCUT2D eigenvalue weighted by atomic mass is 10.0. The van der Waals surface area contributed by atoms with Crippen LogP contribution in [-0.2, 0) is 22.4 Å². The number of fused-ring (bicyclic) bond motifs is 1. The fourth-order valence-electron chi connectivity index (χ4n) is 4.19. The molecular weight excluding hydrogens is 398 g/mol. The SMILES string of the molecule is C[C@H](O)CNC(=O)C(=O)N1CCN(c2nc(-c3ccco3)c3c(c2C#N)CCC3)CC1. The molecule has 9 nitrogen and oxygen atoms in total. The maximum atomic E-state index is 12.4. The molecule has 9 heteroatoms. The van der Waals surface area contributed by atoms with E-state index >= 15 is 0 Å². The molecule has 2 amide bonds. The molecule has 3 heterocycles. The number of carbonyl (C=O) groups is 2. The molecule has 1 saturated heterocycles. The predicted molar refractivity (Wildman–Crippen MR) is 112 cm³/mol. The fraction of sp³-hybridized carbons (Fsp3) is 0.455. The number of anilines is 1. The number of amides is 2. The molecule has 1 atom stereocenters. The number of nitriles is 1. The Kier molecular flexibility index (Phi) is 5.91. The monoisotopic (exact) mass is 423 g/mol. The number of rotatable bonds is 4. The first-order chi connectivity index (χ1) is 15.0. The number of aliphatic hydroxyl groups is 1. The Morgan fingerprint density at radius 3 is 2.68 bits per heavy atom. The number of nitrogens with one attached hydrogen (secondary N) is 1. The van der Waals surface area contributed by atoms with Gasteiger partial charge in [-0.15, -0.1) is 0 Å². The summed E-state index contributed by atoms with van der Waals surface area (Å²) in [6.45, 7) is 3.20. The van der Waals surface area contributed by atoms with Crippen LogP contribution in [0.3, 0.4) is 0 Å². The van der Waals surface area contributed by atoms with Crippen LogP contribution in [0.15, 0.2) is 22.8 Å². The van der Waals surface area contributed by atoms with Gasteiger partial charge in [0.2, 0.25) is 0 Å². The van der Waals surface area contributed by atoms with Crippen molar-refractivity contribution < 1.29 is 19.1 Å². The van der Waals surface area contributed by atoms with Crippen molar-refractivity contribution >= 4 is 17.6 Å². The van der Waals surface area contributed by atoms with Crippen LogP contribution in [-0.4, -0.2) is 65.6 Å². The number of pyridine rings is 1. The number of aromatic nitrogens is 1. The molecule has 2 aromatic rings. The molecule has 0 radical (unpaired) electrons. The highest BCUT2D eigenvalue weighted by molar-refractivity contribution is 6.35. The summed E-state index contributed by atoms with van der Waals surface area (Å²) in [6.07, 6.45) is 3.59. The van der Waals surface area contributed by atoms with Crippen molar-refractivity contribution in [3.05, 3.63) is 35.1 Å². The second-order valence-corrected chi connectivity index (χ2v) is 7.90. The molecule has 0 bridgehead atoms. The molecule has 1 aliphatic carbocycles.